The molecular formula is C18H13F5O4. The number of benzene rings is 2. The smallest absolute Gasteiger partial charge is 0.387 e. The molecule has 0 saturated carbocycles. The molecule has 0 aromatic heterocycles. The molecule has 144 valence electrons. The maximum Gasteiger partial charge on any atom is 0.387 e. The van der Waals surface area contributed by atoms with Gasteiger partial charge in [0.25, 0.3) is 6.43 Å². The molecule has 0 bridgehead atoms. The van der Waals surface area contributed by atoms with Crippen molar-refractivity contribution in [1.82, 2.24) is 0 Å². The summed E-state index contributed by atoms with van der Waals surface area (Å²) in [7, 11) is 0. The van der Waals surface area contributed by atoms with E-state index in [9.17, 15) is 31.5 Å². The Morgan fingerprint density at radius 1 is 0.926 bits per heavy atom. The van der Waals surface area contributed by atoms with Gasteiger partial charge in [-0.3, -0.25) is 9.59 Å². The van der Waals surface area contributed by atoms with Gasteiger partial charge in [-0.2, -0.15) is 8.78 Å². The van der Waals surface area contributed by atoms with E-state index in [2.05, 4.69) is 9.47 Å². The first-order valence-electron chi connectivity index (χ1n) is 7.54. The van der Waals surface area contributed by atoms with Gasteiger partial charge in [0.2, 0.25) is 11.6 Å². The number of aryl methyl sites for hydroxylation is 1. The molecule has 2 aromatic carbocycles. The highest BCUT2D eigenvalue weighted by Crippen LogP contribution is 2.23. The second-order valence-corrected chi connectivity index (χ2v) is 5.36. The van der Waals surface area contributed by atoms with E-state index in [1.807, 2.05) is 0 Å². The first kappa shape index (κ1) is 20.3. The zero-order chi connectivity index (χ0) is 20.1. The Hall–Kier alpha value is -2.97. The number of halogens is 5. The highest BCUT2D eigenvalue weighted by atomic mass is 19.3. The molecule has 2 aromatic rings. The van der Waals surface area contributed by atoms with Crippen molar-refractivity contribution in [2.45, 2.75) is 20.0 Å². The molecular weight excluding hydrogens is 375 g/mol. The number of alkyl halides is 4. The second kappa shape index (κ2) is 8.61. The lowest BCUT2D eigenvalue weighted by Gasteiger charge is -2.10. The van der Waals surface area contributed by atoms with Crippen molar-refractivity contribution in [3.8, 4) is 11.5 Å². The van der Waals surface area contributed by atoms with Crippen LogP contribution in [0.2, 0.25) is 0 Å². The molecule has 0 aliphatic rings. The van der Waals surface area contributed by atoms with Gasteiger partial charge in [0.05, 0.1) is 0 Å². The van der Waals surface area contributed by atoms with E-state index in [4.69, 9.17) is 0 Å². The van der Waals surface area contributed by atoms with Crippen LogP contribution in [-0.2, 0) is 0 Å². The minimum absolute atomic E-state index is 0.0995. The summed E-state index contributed by atoms with van der Waals surface area (Å²) >= 11 is 0. The van der Waals surface area contributed by atoms with Gasteiger partial charge in [0.15, 0.2) is 11.6 Å². The molecule has 0 fully saturated rings. The quantitative estimate of drug-likeness (QED) is 0.381. The molecule has 0 amide bonds. The molecule has 0 heterocycles. The maximum absolute atomic E-state index is 13.8. The molecule has 0 saturated heterocycles. The van der Waals surface area contributed by atoms with Crippen molar-refractivity contribution in [3.05, 3.63) is 58.9 Å². The second-order valence-electron chi connectivity index (χ2n) is 5.36. The fourth-order valence-corrected chi connectivity index (χ4v) is 2.19. The standard InChI is InChI=1S/C18H13F5O4/c1-9-6-10(2-4-13(9)27-18(22)23)16(24)17(25)11-3-5-14(12(19)7-11)26-8-15(20)21/h2-7,15,18H,8H2,1H3. The van der Waals surface area contributed by atoms with Crippen molar-refractivity contribution in [2.24, 2.45) is 0 Å². The van der Waals surface area contributed by atoms with Crippen LogP contribution in [0.25, 0.3) is 0 Å². The van der Waals surface area contributed by atoms with Crippen LogP contribution >= 0.6 is 0 Å². The van der Waals surface area contributed by atoms with Crippen LogP contribution < -0.4 is 9.47 Å². The zero-order valence-electron chi connectivity index (χ0n) is 13.8. The van der Waals surface area contributed by atoms with Gasteiger partial charge < -0.3 is 9.47 Å². The normalized spacial score (nSPS) is 11.0. The lowest BCUT2D eigenvalue weighted by Crippen LogP contribution is -2.15. The molecule has 0 aliphatic carbocycles. The van der Waals surface area contributed by atoms with Crippen LogP contribution in [0, 0.1) is 12.7 Å². The molecule has 9 heteroatoms. The molecule has 0 aliphatic heterocycles. The summed E-state index contributed by atoms with van der Waals surface area (Å²) in [6, 6.07) is 6.15. The summed E-state index contributed by atoms with van der Waals surface area (Å²) in [6.45, 7) is -2.65. The predicted molar refractivity (Wildman–Crippen MR) is 84.4 cm³/mol. The summed E-state index contributed by atoms with van der Waals surface area (Å²) in [6.07, 6.45) is -2.80. The van der Waals surface area contributed by atoms with Gasteiger partial charge in [-0.05, 0) is 48.9 Å². The zero-order valence-corrected chi connectivity index (χ0v) is 13.8. The number of ether oxygens (including phenoxy) is 2. The van der Waals surface area contributed by atoms with Gasteiger partial charge in [0, 0.05) is 11.1 Å². The van der Waals surface area contributed by atoms with E-state index >= 15 is 0 Å². The topological polar surface area (TPSA) is 52.6 Å². The Morgan fingerprint density at radius 3 is 1.96 bits per heavy atom. The minimum Gasteiger partial charge on any atom is -0.485 e. The van der Waals surface area contributed by atoms with Gasteiger partial charge in [-0.1, -0.05) is 0 Å². The monoisotopic (exact) mass is 388 g/mol. The van der Waals surface area contributed by atoms with Gasteiger partial charge >= 0.3 is 6.61 Å². The molecule has 27 heavy (non-hydrogen) atoms. The van der Waals surface area contributed by atoms with E-state index in [1.54, 1.807) is 0 Å². The van der Waals surface area contributed by atoms with Crippen molar-refractivity contribution >= 4 is 11.6 Å². The van der Waals surface area contributed by atoms with E-state index in [0.717, 1.165) is 24.3 Å². The SMILES string of the molecule is Cc1cc(C(=O)C(=O)c2ccc(OCC(F)F)c(F)c2)ccc1OC(F)F. The molecule has 0 spiro atoms. The van der Waals surface area contributed by atoms with E-state index in [0.29, 0.717) is 6.07 Å². The Balaban J connectivity index is 2.18. The third kappa shape index (κ3) is 5.25. The summed E-state index contributed by atoms with van der Waals surface area (Å²) in [5.41, 5.74) is -0.208. The molecule has 2 rings (SSSR count). The van der Waals surface area contributed by atoms with Crippen molar-refractivity contribution in [3.63, 3.8) is 0 Å². The molecule has 0 atom stereocenters. The number of rotatable bonds is 8. The average Bonchev–Trinajstić information content (AvgIpc) is 2.60. The molecule has 0 unspecified atom stereocenters. The van der Waals surface area contributed by atoms with Crippen LogP contribution in [0.5, 0.6) is 11.5 Å². The minimum atomic E-state index is -3.04. The van der Waals surface area contributed by atoms with Gasteiger partial charge in [-0.25, -0.2) is 13.2 Å². The van der Waals surface area contributed by atoms with Crippen molar-refractivity contribution in [1.29, 1.82) is 0 Å². The van der Waals surface area contributed by atoms with Crippen LogP contribution in [0.1, 0.15) is 26.3 Å². The third-order valence-electron chi connectivity index (χ3n) is 3.42. The predicted octanol–water partition coefficient (Wildman–Crippen LogP) is 4.45. The average molecular weight is 388 g/mol. The number of ketones is 2. The summed E-state index contributed by atoms with van der Waals surface area (Å²) < 4.78 is 71.3. The van der Waals surface area contributed by atoms with Crippen LogP contribution in [0.15, 0.2) is 36.4 Å². The summed E-state index contributed by atoms with van der Waals surface area (Å²) in [5.74, 6) is -3.77. The first-order chi connectivity index (χ1) is 12.7. The fourth-order valence-electron chi connectivity index (χ4n) is 2.19. The Kier molecular flexibility index (Phi) is 6.49. The third-order valence-corrected chi connectivity index (χ3v) is 3.42. The summed E-state index contributed by atoms with van der Waals surface area (Å²) in [5, 5.41) is 0. The lowest BCUT2D eigenvalue weighted by atomic mass is 9.99. The van der Waals surface area contributed by atoms with Gasteiger partial charge in [-0.15, -0.1) is 0 Å². The Labute approximate surface area is 150 Å². The Morgan fingerprint density at radius 2 is 1.48 bits per heavy atom. The Bertz CT molecular complexity index is 852. The molecule has 4 nitrogen and oxygen atoms in total. The number of hydrogen-bond acceptors (Lipinski definition) is 4. The maximum atomic E-state index is 13.8. The number of Topliss-reactive ketones (excluding diaryl/α,β-unsaturated/α-hetero) is 2. The van der Waals surface area contributed by atoms with Crippen LogP contribution in [-0.4, -0.2) is 31.2 Å². The lowest BCUT2D eigenvalue weighted by molar-refractivity contribution is -0.0503. The first-order valence-corrected chi connectivity index (χ1v) is 7.54. The highest BCUT2D eigenvalue weighted by molar-refractivity contribution is 6.49. The van der Waals surface area contributed by atoms with Crippen molar-refractivity contribution in [2.75, 3.05) is 6.61 Å². The molecule has 0 N–H and O–H groups in total. The van der Waals surface area contributed by atoms with E-state index < -0.39 is 42.8 Å². The fraction of sp³-hybridized carbons (Fsp3) is 0.222. The van der Waals surface area contributed by atoms with E-state index in [1.165, 1.54) is 13.0 Å². The number of hydrogen-bond donors (Lipinski definition) is 0. The van der Waals surface area contributed by atoms with E-state index in [-0.39, 0.29) is 22.4 Å². The summed E-state index contributed by atoms with van der Waals surface area (Å²) in [4.78, 5) is 24.5. The number of carbonyl (C=O) groups is 2. The molecule has 0 radical (unpaired) electrons. The van der Waals surface area contributed by atoms with Gasteiger partial charge in [0.1, 0.15) is 12.4 Å². The van der Waals surface area contributed by atoms with Crippen LogP contribution in [0.4, 0.5) is 22.0 Å². The highest BCUT2D eigenvalue weighted by Gasteiger charge is 2.21. The largest absolute Gasteiger partial charge is 0.485 e. The number of carbonyl (C=O) groups excluding carboxylic acids is 2. The van der Waals surface area contributed by atoms with Crippen molar-refractivity contribution < 1.29 is 41.0 Å². The van der Waals surface area contributed by atoms with Crippen LogP contribution in [0.3, 0.4) is 0 Å².